The Balaban J connectivity index is 2.23. The molecule has 0 radical (unpaired) electrons. The first-order chi connectivity index (χ1) is 13.2. The quantitative estimate of drug-likeness (QED) is 0.545. The number of hydrogen-bond acceptors (Lipinski definition) is 4. The zero-order chi connectivity index (χ0) is 20.6. The van der Waals surface area contributed by atoms with Gasteiger partial charge in [0.1, 0.15) is 28.6 Å². The molecule has 0 aliphatic heterocycles. The fourth-order valence-electron chi connectivity index (χ4n) is 2.88. The minimum atomic E-state index is -1.63. The van der Waals surface area contributed by atoms with Crippen LogP contribution in [0, 0.1) is 11.6 Å². The highest BCUT2D eigenvalue weighted by atomic mass is 19.1. The van der Waals surface area contributed by atoms with Crippen molar-refractivity contribution in [2.24, 2.45) is 0 Å². The lowest BCUT2D eigenvalue weighted by molar-refractivity contribution is 0.0695. The number of aromatic amines is 1. The van der Waals surface area contributed by atoms with Crippen LogP contribution in [0.25, 0.3) is 22.3 Å². The van der Waals surface area contributed by atoms with Crippen molar-refractivity contribution in [2.75, 3.05) is 5.73 Å². The lowest BCUT2D eigenvalue weighted by Gasteiger charge is -2.13. The van der Waals surface area contributed by atoms with Crippen molar-refractivity contribution < 1.29 is 28.6 Å². The van der Waals surface area contributed by atoms with E-state index in [-0.39, 0.29) is 16.7 Å². The number of nitrogens with two attached hydrogens (primary N) is 1. The van der Waals surface area contributed by atoms with Gasteiger partial charge in [0.05, 0.1) is 0 Å². The number of rotatable bonds is 4. The summed E-state index contributed by atoms with van der Waals surface area (Å²) in [6.07, 6.45) is 0. The van der Waals surface area contributed by atoms with Crippen LogP contribution in [0.4, 0.5) is 14.6 Å². The van der Waals surface area contributed by atoms with Gasteiger partial charge in [0, 0.05) is 17.2 Å². The summed E-state index contributed by atoms with van der Waals surface area (Å²) in [6.45, 7) is 0. The second kappa shape index (κ2) is 6.95. The van der Waals surface area contributed by atoms with Gasteiger partial charge in [0.2, 0.25) is 0 Å². The molecule has 0 unspecified atom stereocenters. The largest absolute Gasteiger partial charge is 0.478 e. The van der Waals surface area contributed by atoms with E-state index in [1.54, 1.807) is 0 Å². The van der Waals surface area contributed by atoms with E-state index in [0.29, 0.717) is 11.6 Å². The molecule has 142 valence electrons. The van der Waals surface area contributed by atoms with Crippen LogP contribution in [0.1, 0.15) is 20.7 Å². The van der Waals surface area contributed by atoms with E-state index in [0.717, 1.165) is 6.07 Å². The first-order valence-corrected chi connectivity index (χ1v) is 7.79. The van der Waals surface area contributed by atoms with Gasteiger partial charge < -0.3 is 20.9 Å². The SMILES string of the molecule is Nc1[nH]c(=O)c(C(=O)O)c(-c2ccc(-c3ccc(F)cc3F)cc2)c1C(=O)O. The number of carboxylic acid groups (broad SMARTS) is 2. The van der Waals surface area contributed by atoms with E-state index in [4.69, 9.17) is 5.73 Å². The van der Waals surface area contributed by atoms with Crippen molar-refractivity contribution in [3.8, 4) is 22.3 Å². The summed E-state index contributed by atoms with van der Waals surface area (Å²) in [4.78, 5) is 37.1. The number of aromatic carboxylic acids is 2. The van der Waals surface area contributed by atoms with E-state index >= 15 is 0 Å². The van der Waals surface area contributed by atoms with Crippen LogP contribution in [0.5, 0.6) is 0 Å². The molecule has 28 heavy (non-hydrogen) atoms. The normalized spacial score (nSPS) is 10.6. The zero-order valence-electron chi connectivity index (χ0n) is 14.0. The maximum Gasteiger partial charge on any atom is 0.342 e. The van der Waals surface area contributed by atoms with Gasteiger partial charge in [0.25, 0.3) is 5.56 Å². The van der Waals surface area contributed by atoms with Crippen molar-refractivity contribution in [3.63, 3.8) is 0 Å². The third-order valence-electron chi connectivity index (χ3n) is 4.09. The standard InChI is InChI=1S/C19H12F2N2O5/c20-10-5-6-11(12(21)7-10)8-1-3-9(4-2-8)13-14(18(25)26)16(22)23-17(24)15(13)19(27)28/h1-7H,(H,25,26)(H,27,28)(H3,22,23,24). The Bertz CT molecular complexity index is 1170. The summed E-state index contributed by atoms with van der Waals surface area (Å²) in [7, 11) is 0. The molecule has 0 aliphatic carbocycles. The predicted molar refractivity (Wildman–Crippen MR) is 96.2 cm³/mol. The van der Waals surface area contributed by atoms with Gasteiger partial charge in [-0.25, -0.2) is 18.4 Å². The second-order valence-corrected chi connectivity index (χ2v) is 5.80. The van der Waals surface area contributed by atoms with Crippen LogP contribution in [-0.2, 0) is 0 Å². The summed E-state index contributed by atoms with van der Waals surface area (Å²) < 4.78 is 27.0. The van der Waals surface area contributed by atoms with Crippen molar-refractivity contribution in [1.29, 1.82) is 0 Å². The molecule has 1 aromatic heterocycles. The maximum atomic E-state index is 13.9. The average molecular weight is 386 g/mol. The molecule has 5 N–H and O–H groups in total. The predicted octanol–water partition coefficient (Wildman–Crippen LogP) is 2.97. The van der Waals surface area contributed by atoms with Gasteiger partial charge in [-0.15, -0.1) is 0 Å². The molecule has 9 heteroatoms. The van der Waals surface area contributed by atoms with Crippen molar-refractivity contribution in [2.45, 2.75) is 0 Å². The molecule has 2 aromatic carbocycles. The Hall–Kier alpha value is -4.01. The summed E-state index contributed by atoms with van der Waals surface area (Å²) >= 11 is 0. The minimum Gasteiger partial charge on any atom is -0.478 e. The van der Waals surface area contributed by atoms with E-state index in [1.165, 1.54) is 30.3 Å². The number of benzene rings is 2. The molecule has 0 amide bonds. The number of nitrogen functional groups attached to an aromatic ring is 1. The monoisotopic (exact) mass is 386 g/mol. The molecular formula is C19H12F2N2O5. The molecule has 1 heterocycles. The van der Waals surface area contributed by atoms with Crippen molar-refractivity contribution in [1.82, 2.24) is 4.98 Å². The smallest absolute Gasteiger partial charge is 0.342 e. The topological polar surface area (TPSA) is 133 Å². The van der Waals surface area contributed by atoms with E-state index in [1.807, 2.05) is 4.98 Å². The molecule has 0 atom stereocenters. The first kappa shape index (κ1) is 18.8. The molecule has 0 saturated heterocycles. The molecule has 0 spiro atoms. The maximum absolute atomic E-state index is 13.9. The number of nitrogens with one attached hydrogen (secondary N) is 1. The van der Waals surface area contributed by atoms with E-state index in [2.05, 4.69) is 0 Å². The molecule has 0 aliphatic rings. The minimum absolute atomic E-state index is 0.0823. The number of carboxylic acids is 2. The summed E-state index contributed by atoms with van der Waals surface area (Å²) in [5, 5.41) is 18.8. The van der Waals surface area contributed by atoms with Crippen LogP contribution in [0.15, 0.2) is 47.3 Å². The molecule has 7 nitrogen and oxygen atoms in total. The lowest BCUT2D eigenvalue weighted by Crippen LogP contribution is -2.24. The number of carbonyl (C=O) groups is 2. The highest BCUT2D eigenvalue weighted by Gasteiger charge is 2.26. The Kier molecular flexibility index (Phi) is 4.66. The highest BCUT2D eigenvalue weighted by molar-refractivity contribution is 6.07. The Morgan fingerprint density at radius 2 is 1.46 bits per heavy atom. The fraction of sp³-hybridized carbons (Fsp3) is 0. The van der Waals surface area contributed by atoms with Gasteiger partial charge in [0.15, 0.2) is 0 Å². The van der Waals surface area contributed by atoms with Gasteiger partial charge in [-0.3, -0.25) is 4.79 Å². The zero-order valence-corrected chi connectivity index (χ0v) is 14.0. The second-order valence-electron chi connectivity index (χ2n) is 5.80. The fourth-order valence-corrected chi connectivity index (χ4v) is 2.88. The first-order valence-electron chi connectivity index (χ1n) is 7.79. The molecule has 0 fully saturated rings. The van der Waals surface area contributed by atoms with E-state index < -0.39 is 46.1 Å². The van der Waals surface area contributed by atoms with Crippen LogP contribution < -0.4 is 11.3 Å². The van der Waals surface area contributed by atoms with Crippen LogP contribution in [0.2, 0.25) is 0 Å². The number of halogens is 2. The van der Waals surface area contributed by atoms with Crippen LogP contribution in [-0.4, -0.2) is 27.1 Å². The number of pyridine rings is 1. The van der Waals surface area contributed by atoms with Crippen molar-refractivity contribution >= 4 is 17.8 Å². The summed E-state index contributed by atoms with van der Waals surface area (Å²) in [5.41, 5.74) is 3.30. The Morgan fingerprint density at radius 1 is 0.893 bits per heavy atom. The van der Waals surface area contributed by atoms with Gasteiger partial charge >= 0.3 is 11.9 Å². The summed E-state index contributed by atoms with van der Waals surface area (Å²) in [6, 6.07) is 8.45. The Morgan fingerprint density at radius 3 is 2.00 bits per heavy atom. The summed E-state index contributed by atoms with van der Waals surface area (Å²) in [5.74, 6) is -5.20. The number of H-pyrrole nitrogens is 1. The molecule has 3 rings (SSSR count). The number of anilines is 1. The molecule has 0 saturated carbocycles. The third kappa shape index (κ3) is 3.20. The van der Waals surface area contributed by atoms with E-state index in [9.17, 15) is 33.4 Å². The van der Waals surface area contributed by atoms with Crippen LogP contribution >= 0.6 is 0 Å². The average Bonchev–Trinajstić information content (AvgIpc) is 2.60. The third-order valence-corrected chi connectivity index (χ3v) is 4.09. The van der Waals surface area contributed by atoms with Crippen molar-refractivity contribution in [3.05, 3.63) is 75.6 Å². The molecule has 0 bridgehead atoms. The number of aromatic nitrogens is 1. The van der Waals surface area contributed by atoms with Gasteiger partial charge in [-0.2, -0.15) is 0 Å². The highest BCUT2D eigenvalue weighted by Crippen LogP contribution is 2.31. The van der Waals surface area contributed by atoms with Crippen LogP contribution in [0.3, 0.4) is 0 Å². The molecule has 3 aromatic rings. The van der Waals surface area contributed by atoms with Gasteiger partial charge in [-0.1, -0.05) is 24.3 Å². The number of hydrogen-bond donors (Lipinski definition) is 4. The Labute approximate surface area is 155 Å². The van der Waals surface area contributed by atoms with Gasteiger partial charge in [-0.05, 0) is 23.3 Å². The molecular weight excluding hydrogens is 374 g/mol. The lowest BCUT2D eigenvalue weighted by atomic mass is 9.93.